The Morgan fingerprint density at radius 3 is 2.70 bits per heavy atom. The van der Waals surface area contributed by atoms with E-state index in [9.17, 15) is 10.1 Å². The van der Waals surface area contributed by atoms with Crippen molar-refractivity contribution in [2.45, 2.75) is 20.4 Å². The molecule has 1 N–H and O–H groups in total. The summed E-state index contributed by atoms with van der Waals surface area (Å²) >= 11 is 6.14. The summed E-state index contributed by atoms with van der Waals surface area (Å²) in [6.07, 6.45) is 0. The third-order valence-electron chi connectivity index (χ3n) is 3.16. The summed E-state index contributed by atoms with van der Waals surface area (Å²) in [6.45, 7) is 4.59. The van der Waals surface area contributed by atoms with Gasteiger partial charge in [0.25, 0.3) is 5.69 Å². The molecule has 1 aromatic heterocycles. The number of benzene rings is 1. The van der Waals surface area contributed by atoms with Crippen molar-refractivity contribution >= 4 is 17.3 Å². The first-order valence-corrected chi connectivity index (χ1v) is 6.47. The van der Waals surface area contributed by atoms with Crippen molar-refractivity contribution in [1.82, 2.24) is 15.1 Å². The number of nitro benzene ring substituents is 1. The van der Waals surface area contributed by atoms with Crippen LogP contribution in [0.5, 0.6) is 0 Å². The molecule has 0 spiro atoms. The molecule has 0 atom stereocenters. The highest BCUT2D eigenvalue weighted by Gasteiger charge is 2.16. The fraction of sp³-hybridized carbons (Fsp3) is 0.308. The number of halogens is 1. The third-order valence-corrected chi connectivity index (χ3v) is 3.47. The standard InChI is InChI=1S/C13H15ClN4O2/c1-8-11(7-15-3)9(2)17(16-8)13-5-4-10(18(19)20)6-12(13)14/h4-6,15H,7H2,1-3H3. The molecular formula is C13H15ClN4O2. The van der Waals surface area contributed by atoms with Crippen LogP contribution < -0.4 is 5.32 Å². The molecule has 0 saturated carbocycles. The number of aryl methyl sites for hydroxylation is 1. The van der Waals surface area contributed by atoms with Crippen molar-refractivity contribution in [2.75, 3.05) is 7.05 Å². The molecule has 20 heavy (non-hydrogen) atoms. The Kier molecular flexibility index (Phi) is 4.06. The molecule has 1 heterocycles. The van der Waals surface area contributed by atoms with E-state index < -0.39 is 4.92 Å². The predicted molar refractivity (Wildman–Crippen MR) is 77.5 cm³/mol. The summed E-state index contributed by atoms with van der Waals surface area (Å²) in [4.78, 5) is 10.3. The first-order valence-electron chi connectivity index (χ1n) is 6.09. The number of hydrogen-bond acceptors (Lipinski definition) is 4. The molecule has 0 saturated heterocycles. The SMILES string of the molecule is CNCc1c(C)nn(-c2ccc([N+](=O)[O-])cc2Cl)c1C. The quantitative estimate of drug-likeness (QED) is 0.695. The van der Waals surface area contributed by atoms with E-state index in [1.807, 2.05) is 20.9 Å². The van der Waals surface area contributed by atoms with Crippen molar-refractivity contribution in [3.63, 3.8) is 0 Å². The number of nitro groups is 1. The first-order chi connectivity index (χ1) is 9.45. The number of hydrogen-bond donors (Lipinski definition) is 1. The zero-order valence-corrected chi connectivity index (χ0v) is 12.2. The van der Waals surface area contributed by atoms with Gasteiger partial charge in [-0.3, -0.25) is 10.1 Å². The van der Waals surface area contributed by atoms with Crippen LogP contribution in [0, 0.1) is 24.0 Å². The lowest BCUT2D eigenvalue weighted by Crippen LogP contribution is -2.07. The lowest BCUT2D eigenvalue weighted by molar-refractivity contribution is -0.384. The molecule has 0 fully saturated rings. The second kappa shape index (κ2) is 5.60. The van der Waals surface area contributed by atoms with Crippen LogP contribution in [0.1, 0.15) is 17.0 Å². The third kappa shape index (κ3) is 2.52. The highest BCUT2D eigenvalue weighted by atomic mass is 35.5. The predicted octanol–water partition coefficient (Wildman–Crippen LogP) is 2.77. The molecular weight excluding hydrogens is 280 g/mol. The van der Waals surface area contributed by atoms with Gasteiger partial charge in [-0.2, -0.15) is 5.10 Å². The van der Waals surface area contributed by atoms with Crippen LogP contribution in [-0.2, 0) is 6.54 Å². The summed E-state index contributed by atoms with van der Waals surface area (Å²) in [6, 6.07) is 4.38. The zero-order valence-electron chi connectivity index (χ0n) is 11.5. The Bertz CT molecular complexity index is 667. The normalized spacial score (nSPS) is 10.8. The van der Waals surface area contributed by atoms with Crippen LogP contribution in [0.4, 0.5) is 5.69 Å². The monoisotopic (exact) mass is 294 g/mol. The van der Waals surface area contributed by atoms with Crippen LogP contribution in [0.2, 0.25) is 5.02 Å². The first kappa shape index (κ1) is 14.5. The zero-order chi connectivity index (χ0) is 14.9. The molecule has 0 amide bonds. The number of aromatic nitrogens is 2. The van der Waals surface area contributed by atoms with Gasteiger partial charge in [0.15, 0.2) is 0 Å². The van der Waals surface area contributed by atoms with Crippen molar-refractivity contribution in [2.24, 2.45) is 0 Å². The summed E-state index contributed by atoms with van der Waals surface area (Å²) in [7, 11) is 1.87. The Hall–Kier alpha value is -1.92. The van der Waals surface area contributed by atoms with Gasteiger partial charge in [-0.15, -0.1) is 0 Å². The van der Waals surface area contributed by atoms with E-state index >= 15 is 0 Å². The second-order valence-electron chi connectivity index (χ2n) is 4.48. The van der Waals surface area contributed by atoms with Gasteiger partial charge in [-0.25, -0.2) is 4.68 Å². The van der Waals surface area contributed by atoms with Crippen molar-refractivity contribution in [1.29, 1.82) is 0 Å². The average Bonchev–Trinajstić information content (AvgIpc) is 2.67. The van der Waals surface area contributed by atoms with Crippen LogP contribution in [0.3, 0.4) is 0 Å². The molecule has 1 aromatic carbocycles. The smallest absolute Gasteiger partial charge is 0.271 e. The molecule has 7 heteroatoms. The molecule has 0 radical (unpaired) electrons. The molecule has 0 bridgehead atoms. The van der Waals surface area contributed by atoms with Gasteiger partial charge in [0.2, 0.25) is 0 Å². The minimum Gasteiger partial charge on any atom is -0.316 e. The number of rotatable bonds is 4. The molecule has 0 unspecified atom stereocenters. The maximum atomic E-state index is 10.7. The fourth-order valence-electron chi connectivity index (χ4n) is 2.12. The van der Waals surface area contributed by atoms with Gasteiger partial charge in [-0.1, -0.05) is 11.6 Å². The molecule has 6 nitrogen and oxygen atoms in total. The highest BCUT2D eigenvalue weighted by molar-refractivity contribution is 6.32. The van der Waals surface area contributed by atoms with Crippen LogP contribution in [0.15, 0.2) is 18.2 Å². The summed E-state index contributed by atoms with van der Waals surface area (Å²) in [5.41, 5.74) is 3.58. The summed E-state index contributed by atoms with van der Waals surface area (Å²) in [5.74, 6) is 0. The van der Waals surface area contributed by atoms with Gasteiger partial charge < -0.3 is 5.32 Å². The molecule has 106 valence electrons. The second-order valence-corrected chi connectivity index (χ2v) is 4.89. The van der Waals surface area contributed by atoms with E-state index in [0.717, 1.165) is 17.0 Å². The van der Waals surface area contributed by atoms with Gasteiger partial charge in [0.05, 0.1) is 21.3 Å². The van der Waals surface area contributed by atoms with E-state index in [1.54, 1.807) is 10.7 Å². The van der Waals surface area contributed by atoms with E-state index in [2.05, 4.69) is 10.4 Å². The van der Waals surface area contributed by atoms with Gasteiger partial charge >= 0.3 is 0 Å². The maximum Gasteiger partial charge on any atom is 0.271 e. The average molecular weight is 295 g/mol. The van der Waals surface area contributed by atoms with E-state index in [0.29, 0.717) is 17.3 Å². The lowest BCUT2D eigenvalue weighted by atomic mass is 10.2. The van der Waals surface area contributed by atoms with Crippen LogP contribution in [-0.4, -0.2) is 21.8 Å². The Balaban J connectivity index is 2.52. The Morgan fingerprint density at radius 2 is 2.15 bits per heavy atom. The number of non-ortho nitro benzene ring substituents is 1. The minimum absolute atomic E-state index is 0.0317. The number of nitrogens with one attached hydrogen (secondary N) is 1. The fourth-order valence-corrected chi connectivity index (χ4v) is 2.38. The largest absolute Gasteiger partial charge is 0.316 e. The maximum absolute atomic E-state index is 10.7. The summed E-state index contributed by atoms with van der Waals surface area (Å²) < 4.78 is 1.72. The van der Waals surface area contributed by atoms with Crippen molar-refractivity contribution in [3.05, 3.63) is 50.3 Å². The van der Waals surface area contributed by atoms with Crippen LogP contribution >= 0.6 is 11.6 Å². The number of nitrogens with zero attached hydrogens (tertiary/aromatic N) is 3. The topological polar surface area (TPSA) is 73.0 Å². The summed E-state index contributed by atoms with van der Waals surface area (Å²) in [5, 5.41) is 18.6. The molecule has 0 aliphatic heterocycles. The van der Waals surface area contributed by atoms with Gasteiger partial charge in [0.1, 0.15) is 0 Å². The van der Waals surface area contributed by atoms with E-state index in [-0.39, 0.29) is 5.69 Å². The van der Waals surface area contributed by atoms with E-state index in [1.165, 1.54) is 12.1 Å². The lowest BCUT2D eigenvalue weighted by Gasteiger charge is -2.07. The van der Waals surface area contributed by atoms with Crippen LogP contribution in [0.25, 0.3) is 5.69 Å². The molecule has 2 rings (SSSR count). The Labute approximate surface area is 121 Å². The Morgan fingerprint density at radius 1 is 1.45 bits per heavy atom. The van der Waals surface area contributed by atoms with Crippen molar-refractivity contribution < 1.29 is 4.92 Å². The minimum atomic E-state index is -0.469. The van der Waals surface area contributed by atoms with Gasteiger partial charge in [0, 0.05) is 29.9 Å². The van der Waals surface area contributed by atoms with E-state index in [4.69, 9.17) is 11.6 Å². The highest BCUT2D eigenvalue weighted by Crippen LogP contribution is 2.27. The van der Waals surface area contributed by atoms with Gasteiger partial charge in [-0.05, 0) is 27.0 Å². The molecule has 2 aromatic rings. The molecule has 0 aliphatic carbocycles. The van der Waals surface area contributed by atoms with Crippen molar-refractivity contribution in [3.8, 4) is 5.69 Å². The molecule has 0 aliphatic rings.